The van der Waals surface area contributed by atoms with E-state index in [0.717, 1.165) is 0 Å². The van der Waals surface area contributed by atoms with Crippen molar-refractivity contribution in [3.8, 4) is 23.0 Å². The quantitative estimate of drug-likeness (QED) is 0.194. The summed E-state index contributed by atoms with van der Waals surface area (Å²) >= 11 is 0. The minimum Gasteiger partial charge on any atom is -0.507 e. The van der Waals surface area contributed by atoms with Crippen molar-refractivity contribution in [2.45, 2.75) is 12.2 Å². The number of ether oxygens (including phenoxy) is 1. The molecular weight excluding hydrogens is 480 g/mol. The zero-order valence-corrected chi connectivity index (χ0v) is 18.8. The Morgan fingerprint density at radius 2 is 1.19 bits per heavy atom. The summed E-state index contributed by atoms with van der Waals surface area (Å²) in [4.78, 5) is 26.2. The largest absolute Gasteiger partial charge is 0.507 e. The van der Waals surface area contributed by atoms with Crippen LogP contribution in [0.5, 0.6) is 23.0 Å². The van der Waals surface area contributed by atoms with Gasteiger partial charge in [0.05, 0.1) is 27.8 Å². The molecule has 4 N–H and O–H groups in total. The Morgan fingerprint density at radius 3 is 1.81 bits per heavy atom. The van der Waals surface area contributed by atoms with E-state index in [1.165, 1.54) is 30.3 Å². The van der Waals surface area contributed by atoms with Gasteiger partial charge in [-0.3, -0.25) is 0 Å². The standard InChI is InChI=1S/C28H16O9/c29-17-5-1-3-11-7-15-19(9-13(11)17)35-27(33)22(24(15)31)21-23-25(37-26(21)32)16-8-12-4-2-6-18(30)14(12)10-20(16)36-28(23)34/h1-10,21,26,29-32H. The number of phenolic OH excluding ortho intramolecular Hbond substituents is 2. The third-order valence-corrected chi connectivity index (χ3v) is 6.91. The van der Waals surface area contributed by atoms with Crippen molar-refractivity contribution in [2.24, 2.45) is 0 Å². The van der Waals surface area contributed by atoms with Gasteiger partial charge in [0.2, 0.25) is 6.29 Å². The van der Waals surface area contributed by atoms with Gasteiger partial charge in [-0.2, -0.15) is 0 Å². The molecule has 6 aromatic rings. The number of aliphatic hydroxyl groups excluding tert-OH is 1. The van der Waals surface area contributed by atoms with Crippen molar-refractivity contribution >= 4 is 43.5 Å². The minimum atomic E-state index is -1.70. The summed E-state index contributed by atoms with van der Waals surface area (Å²) in [5, 5.41) is 45.0. The first-order valence-electron chi connectivity index (χ1n) is 11.3. The summed E-state index contributed by atoms with van der Waals surface area (Å²) < 4.78 is 16.6. The van der Waals surface area contributed by atoms with E-state index < -0.39 is 29.2 Å². The van der Waals surface area contributed by atoms with Crippen molar-refractivity contribution in [3.05, 3.63) is 92.6 Å². The second-order valence-electron chi connectivity index (χ2n) is 8.96. The fourth-order valence-electron chi connectivity index (χ4n) is 5.19. The highest BCUT2D eigenvalue weighted by molar-refractivity contribution is 6.02. The normalized spacial score (nSPS) is 17.0. The fourth-order valence-corrected chi connectivity index (χ4v) is 5.19. The lowest BCUT2D eigenvalue weighted by molar-refractivity contribution is -0.00987. The Morgan fingerprint density at radius 1 is 0.649 bits per heavy atom. The van der Waals surface area contributed by atoms with Gasteiger partial charge >= 0.3 is 11.3 Å². The zero-order chi connectivity index (χ0) is 25.6. The van der Waals surface area contributed by atoms with Gasteiger partial charge in [-0.15, -0.1) is 0 Å². The number of fused-ring (bicyclic) bond motifs is 6. The third kappa shape index (κ3) is 2.88. The summed E-state index contributed by atoms with van der Waals surface area (Å²) in [6.45, 7) is 0. The average Bonchev–Trinajstić information content (AvgIpc) is 3.21. The van der Waals surface area contributed by atoms with Crippen LogP contribution in [-0.2, 0) is 0 Å². The number of hydrogen-bond acceptors (Lipinski definition) is 9. The average molecular weight is 496 g/mol. The van der Waals surface area contributed by atoms with Crippen molar-refractivity contribution in [3.63, 3.8) is 0 Å². The van der Waals surface area contributed by atoms with E-state index in [4.69, 9.17) is 13.6 Å². The van der Waals surface area contributed by atoms with E-state index in [2.05, 4.69) is 0 Å². The van der Waals surface area contributed by atoms with Crippen LogP contribution in [0, 0.1) is 0 Å². The maximum Gasteiger partial charge on any atom is 0.344 e. The summed E-state index contributed by atoms with van der Waals surface area (Å²) in [5.74, 6) is -1.89. The first-order chi connectivity index (χ1) is 17.8. The molecule has 0 amide bonds. The number of hydrogen-bond donors (Lipinski definition) is 4. The van der Waals surface area contributed by atoms with E-state index in [1.807, 2.05) is 0 Å². The highest BCUT2D eigenvalue weighted by atomic mass is 16.6. The smallest absolute Gasteiger partial charge is 0.344 e. The molecule has 0 fully saturated rings. The molecule has 3 heterocycles. The molecule has 2 unspecified atom stereocenters. The van der Waals surface area contributed by atoms with E-state index in [1.54, 1.807) is 30.3 Å². The summed E-state index contributed by atoms with van der Waals surface area (Å²) in [7, 11) is 0. The summed E-state index contributed by atoms with van der Waals surface area (Å²) in [6.07, 6.45) is -1.70. The molecule has 1 aliphatic rings. The van der Waals surface area contributed by atoms with Gasteiger partial charge in [-0.1, -0.05) is 24.3 Å². The van der Waals surface area contributed by atoms with Crippen LogP contribution in [-0.4, -0.2) is 26.7 Å². The predicted molar refractivity (Wildman–Crippen MR) is 133 cm³/mol. The van der Waals surface area contributed by atoms with E-state index >= 15 is 0 Å². The lowest BCUT2D eigenvalue weighted by Crippen LogP contribution is -2.26. The van der Waals surface area contributed by atoms with Gasteiger partial charge in [-0.25, -0.2) is 9.59 Å². The maximum absolute atomic E-state index is 13.1. The zero-order valence-electron chi connectivity index (χ0n) is 18.8. The third-order valence-electron chi connectivity index (χ3n) is 6.91. The molecule has 7 rings (SSSR count). The van der Waals surface area contributed by atoms with Gasteiger partial charge in [0.1, 0.15) is 34.2 Å². The van der Waals surface area contributed by atoms with Crippen LogP contribution in [0.25, 0.3) is 43.5 Å². The number of aromatic hydroxyl groups is 3. The van der Waals surface area contributed by atoms with Crippen LogP contribution in [0.2, 0.25) is 0 Å². The van der Waals surface area contributed by atoms with E-state index in [-0.39, 0.29) is 44.9 Å². The minimum absolute atomic E-state index is 0.000846. The van der Waals surface area contributed by atoms with Gasteiger partial charge in [0.25, 0.3) is 0 Å². The molecular formula is C28H16O9. The second-order valence-corrected chi connectivity index (χ2v) is 8.96. The molecule has 0 saturated carbocycles. The molecule has 2 aromatic heterocycles. The second kappa shape index (κ2) is 7.25. The Kier molecular flexibility index (Phi) is 4.17. The number of benzene rings is 4. The number of phenols is 2. The maximum atomic E-state index is 13.1. The monoisotopic (exact) mass is 496 g/mol. The van der Waals surface area contributed by atoms with Crippen LogP contribution < -0.4 is 16.0 Å². The molecule has 9 heteroatoms. The Labute approximate surface area is 205 Å². The molecule has 0 bridgehead atoms. The van der Waals surface area contributed by atoms with Crippen LogP contribution >= 0.6 is 0 Å². The molecule has 0 aliphatic carbocycles. The first kappa shape index (κ1) is 21.3. The molecule has 182 valence electrons. The van der Waals surface area contributed by atoms with Gasteiger partial charge in [0, 0.05) is 10.8 Å². The Bertz CT molecular complexity index is 2070. The topological polar surface area (TPSA) is 151 Å². The highest BCUT2D eigenvalue weighted by Crippen LogP contribution is 2.47. The SMILES string of the molecule is O=c1oc2cc3c(O)cccc3cc2c(O)c1C1c2c(c3cc4cccc(O)c4cc3oc2=O)OC1O. The molecule has 0 saturated heterocycles. The molecule has 4 aromatic carbocycles. The van der Waals surface area contributed by atoms with Crippen LogP contribution in [0.1, 0.15) is 17.0 Å². The summed E-state index contributed by atoms with van der Waals surface area (Å²) in [6, 6.07) is 15.8. The number of aliphatic hydroxyl groups is 1. The number of rotatable bonds is 1. The van der Waals surface area contributed by atoms with E-state index in [0.29, 0.717) is 26.9 Å². The fraction of sp³-hybridized carbons (Fsp3) is 0.0714. The lowest BCUT2D eigenvalue weighted by Gasteiger charge is -2.15. The Hall–Kier alpha value is -5.02. The summed E-state index contributed by atoms with van der Waals surface area (Å²) in [5.41, 5.74) is -2.22. The highest BCUT2D eigenvalue weighted by Gasteiger charge is 2.43. The predicted octanol–water partition coefficient (Wildman–Crippen LogP) is 4.17. The lowest BCUT2D eigenvalue weighted by atomic mass is 9.91. The molecule has 1 aliphatic heterocycles. The van der Waals surface area contributed by atoms with Crippen molar-refractivity contribution in [1.29, 1.82) is 0 Å². The molecule has 0 radical (unpaired) electrons. The molecule has 9 nitrogen and oxygen atoms in total. The van der Waals surface area contributed by atoms with Crippen molar-refractivity contribution < 1.29 is 34.0 Å². The molecule has 2 atom stereocenters. The van der Waals surface area contributed by atoms with Gasteiger partial charge in [0.15, 0.2) is 0 Å². The molecule has 0 spiro atoms. The Balaban J connectivity index is 1.51. The van der Waals surface area contributed by atoms with Crippen molar-refractivity contribution in [2.75, 3.05) is 0 Å². The van der Waals surface area contributed by atoms with Gasteiger partial charge < -0.3 is 34.0 Å². The van der Waals surface area contributed by atoms with E-state index in [9.17, 15) is 30.0 Å². The van der Waals surface area contributed by atoms with Crippen LogP contribution in [0.4, 0.5) is 0 Å². The first-order valence-corrected chi connectivity index (χ1v) is 11.3. The molecule has 37 heavy (non-hydrogen) atoms. The van der Waals surface area contributed by atoms with Crippen LogP contribution in [0.3, 0.4) is 0 Å². The van der Waals surface area contributed by atoms with Gasteiger partial charge in [-0.05, 0) is 47.2 Å². The van der Waals surface area contributed by atoms with Crippen molar-refractivity contribution in [1.82, 2.24) is 0 Å². The van der Waals surface area contributed by atoms with Crippen LogP contribution in [0.15, 0.2) is 79.1 Å².